The second-order valence-electron chi connectivity index (χ2n) is 2.59. The zero-order valence-electron chi connectivity index (χ0n) is 6.96. The van der Waals surface area contributed by atoms with Crippen molar-refractivity contribution in [1.29, 1.82) is 0 Å². The molecule has 0 aromatic carbocycles. The number of nitrogens with zero attached hydrogens (tertiary/aromatic N) is 2. The molecule has 0 atom stereocenters. The Morgan fingerprint density at radius 3 is 3.08 bits per heavy atom. The number of hydrogen-bond acceptors (Lipinski definition) is 2. The van der Waals surface area contributed by atoms with Gasteiger partial charge in [-0.15, -0.1) is 0 Å². The van der Waals surface area contributed by atoms with Gasteiger partial charge in [0.1, 0.15) is 0 Å². The lowest BCUT2D eigenvalue weighted by atomic mass is 10.3. The second kappa shape index (κ2) is 3.99. The third-order valence-electron chi connectivity index (χ3n) is 1.61. The van der Waals surface area contributed by atoms with Crippen LogP contribution in [0.25, 0.3) is 0 Å². The maximum Gasteiger partial charge on any atom is 0.289 e. The highest BCUT2D eigenvalue weighted by molar-refractivity contribution is 4.86. The molecule has 4 heteroatoms. The fourth-order valence-corrected chi connectivity index (χ4v) is 0.912. The summed E-state index contributed by atoms with van der Waals surface area (Å²) in [5, 5.41) is 0. The van der Waals surface area contributed by atoms with Crippen molar-refractivity contribution in [2.45, 2.75) is 26.3 Å². The van der Waals surface area contributed by atoms with Crippen LogP contribution in [0.4, 0.5) is 4.39 Å². The fourth-order valence-electron chi connectivity index (χ4n) is 0.912. The molecule has 0 aliphatic heterocycles. The SMILES string of the molecule is CCCCn1cncc(F)c1=O. The van der Waals surface area contributed by atoms with Gasteiger partial charge in [0.15, 0.2) is 0 Å². The normalized spacial score (nSPS) is 10.2. The van der Waals surface area contributed by atoms with Gasteiger partial charge in [-0.3, -0.25) is 9.36 Å². The van der Waals surface area contributed by atoms with Crippen LogP contribution in [-0.2, 0) is 6.54 Å². The number of rotatable bonds is 3. The molecule has 66 valence electrons. The zero-order chi connectivity index (χ0) is 8.97. The molecule has 0 unspecified atom stereocenters. The Balaban J connectivity index is 2.85. The van der Waals surface area contributed by atoms with Crippen molar-refractivity contribution in [2.24, 2.45) is 0 Å². The summed E-state index contributed by atoms with van der Waals surface area (Å²) >= 11 is 0. The van der Waals surface area contributed by atoms with Crippen LogP contribution >= 0.6 is 0 Å². The molecule has 0 radical (unpaired) electrons. The Hall–Kier alpha value is -1.19. The molecule has 0 fully saturated rings. The first kappa shape index (κ1) is 8.90. The molecule has 0 aliphatic rings. The Morgan fingerprint density at radius 2 is 2.42 bits per heavy atom. The molecule has 3 nitrogen and oxygen atoms in total. The molecular weight excluding hydrogens is 159 g/mol. The van der Waals surface area contributed by atoms with Crippen LogP contribution in [0, 0.1) is 5.82 Å². The van der Waals surface area contributed by atoms with Gasteiger partial charge >= 0.3 is 0 Å². The summed E-state index contributed by atoms with van der Waals surface area (Å²) in [7, 11) is 0. The van der Waals surface area contributed by atoms with Gasteiger partial charge in [0.2, 0.25) is 5.82 Å². The van der Waals surface area contributed by atoms with Crippen molar-refractivity contribution >= 4 is 0 Å². The van der Waals surface area contributed by atoms with Crippen LogP contribution < -0.4 is 5.56 Å². The number of hydrogen-bond donors (Lipinski definition) is 0. The van der Waals surface area contributed by atoms with E-state index >= 15 is 0 Å². The Labute approximate surface area is 69.9 Å². The highest BCUT2D eigenvalue weighted by Crippen LogP contribution is 1.91. The molecule has 0 spiro atoms. The number of aromatic nitrogens is 2. The number of unbranched alkanes of at least 4 members (excludes halogenated alkanes) is 1. The first-order chi connectivity index (χ1) is 5.75. The summed E-state index contributed by atoms with van der Waals surface area (Å²) in [5.41, 5.74) is -0.585. The largest absolute Gasteiger partial charge is 0.297 e. The van der Waals surface area contributed by atoms with Gasteiger partial charge in [0.05, 0.1) is 12.5 Å². The van der Waals surface area contributed by atoms with E-state index < -0.39 is 11.4 Å². The molecular formula is C8H11FN2O. The van der Waals surface area contributed by atoms with Crippen LogP contribution in [0.3, 0.4) is 0 Å². The fraction of sp³-hybridized carbons (Fsp3) is 0.500. The lowest BCUT2D eigenvalue weighted by molar-refractivity contribution is 0.536. The van der Waals surface area contributed by atoms with Crippen molar-refractivity contribution in [2.75, 3.05) is 0 Å². The maximum atomic E-state index is 12.6. The summed E-state index contributed by atoms with van der Waals surface area (Å²) < 4.78 is 13.9. The summed E-state index contributed by atoms with van der Waals surface area (Å²) in [5.74, 6) is -0.784. The Bertz CT molecular complexity index is 308. The lowest BCUT2D eigenvalue weighted by Gasteiger charge is -2.01. The van der Waals surface area contributed by atoms with Gasteiger partial charge in [-0.25, -0.2) is 4.98 Å². The molecule has 0 saturated heterocycles. The standard InChI is InChI=1S/C8H11FN2O/c1-2-3-4-11-6-10-5-7(9)8(11)12/h5-6H,2-4H2,1H3. The van der Waals surface area contributed by atoms with E-state index in [1.807, 2.05) is 6.92 Å². The van der Waals surface area contributed by atoms with E-state index in [2.05, 4.69) is 4.98 Å². The highest BCUT2D eigenvalue weighted by atomic mass is 19.1. The minimum atomic E-state index is -0.784. The zero-order valence-corrected chi connectivity index (χ0v) is 6.96. The summed E-state index contributed by atoms with van der Waals surface area (Å²) in [6.45, 7) is 2.55. The topological polar surface area (TPSA) is 34.9 Å². The third kappa shape index (κ3) is 1.90. The molecule has 1 aromatic rings. The number of aryl methyl sites for hydroxylation is 1. The minimum Gasteiger partial charge on any atom is -0.297 e. The predicted octanol–water partition coefficient (Wildman–Crippen LogP) is 1.18. The van der Waals surface area contributed by atoms with Gasteiger partial charge in [-0.1, -0.05) is 13.3 Å². The van der Waals surface area contributed by atoms with Crippen LogP contribution in [0.15, 0.2) is 17.3 Å². The van der Waals surface area contributed by atoms with Crippen molar-refractivity contribution in [1.82, 2.24) is 9.55 Å². The van der Waals surface area contributed by atoms with Crippen LogP contribution in [-0.4, -0.2) is 9.55 Å². The molecule has 0 bridgehead atoms. The maximum absolute atomic E-state index is 12.6. The van der Waals surface area contributed by atoms with Crippen molar-refractivity contribution in [3.8, 4) is 0 Å². The molecule has 0 aliphatic carbocycles. The van der Waals surface area contributed by atoms with E-state index in [0.717, 1.165) is 19.0 Å². The van der Waals surface area contributed by atoms with Gasteiger partial charge in [-0.2, -0.15) is 4.39 Å². The van der Waals surface area contributed by atoms with Crippen LogP contribution in [0.1, 0.15) is 19.8 Å². The predicted molar refractivity (Wildman–Crippen MR) is 43.4 cm³/mol. The third-order valence-corrected chi connectivity index (χ3v) is 1.61. The van der Waals surface area contributed by atoms with E-state index in [1.165, 1.54) is 10.9 Å². The van der Waals surface area contributed by atoms with Gasteiger partial charge in [0.25, 0.3) is 5.56 Å². The van der Waals surface area contributed by atoms with E-state index in [1.54, 1.807) is 0 Å². The van der Waals surface area contributed by atoms with Gasteiger partial charge < -0.3 is 0 Å². The average molecular weight is 170 g/mol. The first-order valence-corrected chi connectivity index (χ1v) is 3.95. The van der Waals surface area contributed by atoms with Crippen molar-refractivity contribution < 1.29 is 4.39 Å². The summed E-state index contributed by atoms with van der Waals surface area (Å²) in [6.07, 6.45) is 4.14. The Morgan fingerprint density at radius 1 is 1.67 bits per heavy atom. The molecule has 12 heavy (non-hydrogen) atoms. The van der Waals surface area contributed by atoms with E-state index in [9.17, 15) is 9.18 Å². The van der Waals surface area contributed by atoms with Gasteiger partial charge in [-0.05, 0) is 6.42 Å². The number of halogens is 1. The van der Waals surface area contributed by atoms with Crippen molar-refractivity contribution in [3.63, 3.8) is 0 Å². The second-order valence-corrected chi connectivity index (χ2v) is 2.59. The molecule has 1 rings (SSSR count). The van der Waals surface area contributed by atoms with Crippen molar-refractivity contribution in [3.05, 3.63) is 28.7 Å². The summed E-state index contributed by atoms with van der Waals surface area (Å²) in [6, 6.07) is 0. The Kier molecular flexibility index (Phi) is 2.96. The minimum absolute atomic E-state index is 0.542. The van der Waals surface area contributed by atoms with Crippen LogP contribution in [0.5, 0.6) is 0 Å². The van der Waals surface area contributed by atoms with E-state index in [0.29, 0.717) is 6.54 Å². The van der Waals surface area contributed by atoms with E-state index in [-0.39, 0.29) is 0 Å². The average Bonchev–Trinajstić information content (AvgIpc) is 2.08. The highest BCUT2D eigenvalue weighted by Gasteiger charge is 2.00. The lowest BCUT2D eigenvalue weighted by Crippen LogP contribution is -2.22. The molecule has 0 N–H and O–H groups in total. The monoisotopic (exact) mass is 170 g/mol. The molecule has 0 saturated carbocycles. The summed E-state index contributed by atoms with van der Waals surface area (Å²) in [4.78, 5) is 14.6. The van der Waals surface area contributed by atoms with Crippen LogP contribution in [0.2, 0.25) is 0 Å². The first-order valence-electron chi connectivity index (χ1n) is 3.95. The quantitative estimate of drug-likeness (QED) is 0.682. The molecule has 0 amide bonds. The smallest absolute Gasteiger partial charge is 0.289 e. The molecule has 1 aromatic heterocycles. The molecule has 1 heterocycles. The van der Waals surface area contributed by atoms with Gasteiger partial charge in [0, 0.05) is 6.54 Å². The van der Waals surface area contributed by atoms with E-state index in [4.69, 9.17) is 0 Å².